The summed E-state index contributed by atoms with van der Waals surface area (Å²) in [5.41, 5.74) is 0. The van der Waals surface area contributed by atoms with E-state index >= 15 is 0 Å². The summed E-state index contributed by atoms with van der Waals surface area (Å²) >= 11 is 1.85. The van der Waals surface area contributed by atoms with E-state index in [4.69, 9.17) is 4.74 Å². The highest BCUT2D eigenvalue weighted by Gasteiger charge is 2.04. The number of nitrogens with zero attached hydrogens (tertiary/aromatic N) is 2. The Labute approximate surface area is 108 Å². The van der Waals surface area contributed by atoms with Crippen molar-refractivity contribution in [2.75, 3.05) is 23.9 Å². The van der Waals surface area contributed by atoms with E-state index in [9.17, 15) is 0 Å². The second-order valence-electron chi connectivity index (χ2n) is 3.89. The van der Waals surface area contributed by atoms with Crippen LogP contribution in [-0.4, -0.2) is 34.6 Å². The minimum absolute atomic E-state index is 0.379. The van der Waals surface area contributed by atoms with Gasteiger partial charge in [-0.2, -0.15) is 16.7 Å². The quantitative estimate of drug-likeness (QED) is 0.774. The fourth-order valence-electron chi connectivity index (χ4n) is 1.29. The first kappa shape index (κ1) is 14.1. The molecule has 0 radical (unpaired) electrons. The number of hydrogen-bond donors (Lipinski definition) is 1. The maximum atomic E-state index is 5.46. The SMILES string of the molecule is CCCOc1ccnc(NC(C)CCSC)n1. The molecule has 1 aromatic rings. The van der Waals surface area contributed by atoms with E-state index in [0.29, 0.717) is 24.5 Å². The van der Waals surface area contributed by atoms with Crippen LogP contribution in [0, 0.1) is 0 Å². The minimum atomic E-state index is 0.379. The average Bonchev–Trinajstić information content (AvgIpc) is 2.34. The summed E-state index contributed by atoms with van der Waals surface area (Å²) in [6.07, 6.45) is 5.92. The predicted molar refractivity (Wildman–Crippen MR) is 73.9 cm³/mol. The van der Waals surface area contributed by atoms with Crippen molar-refractivity contribution in [3.8, 4) is 5.88 Å². The lowest BCUT2D eigenvalue weighted by Crippen LogP contribution is -2.18. The summed E-state index contributed by atoms with van der Waals surface area (Å²) in [6, 6.07) is 2.16. The van der Waals surface area contributed by atoms with Crippen LogP contribution in [0.1, 0.15) is 26.7 Å². The maximum absolute atomic E-state index is 5.46. The summed E-state index contributed by atoms with van der Waals surface area (Å²) in [7, 11) is 0. The van der Waals surface area contributed by atoms with Crippen LogP contribution < -0.4 is 10.1 Å². The zero-order valence-electron chi connectivity index (χ0n) is 10.8. The molecule has 0 aliphatic carbocycles. The molecule has 5 heteroatoms. The number of nitrogens with one attached hydrogen (secondary N) is 1. The summed E-state index contributed by atoms with van der Waals surface area (Å²) in [5.74, 6) is 2.42. The van der Waals surface area contributed by atoms with E-state index in [1.54, 1.807) is 12.3 Å². The first-order chi connectivity index (χ1) is 8.26. The van der Waals surface area contributed by atoms with Gasteiger partial charge in [0.05, 0.1) is 6.61 Å². The van der Waals surface area contributed by atoms with E-state index in [-0.39, 0.29) is 0 Å². The van der Waals surface area contributed by atoms with Crippen LogP contribution in [0.3, 0.4) is 0 Å². The molecule has 0 aromatic carbocycles. The van der Waals surface area contributed by atoms with Crippen molar-refractivity contribution >= 4 is 17.7 Å². The number of hydrogen-bond acceptors (Lipinski definition) is 5. The first-order valence-corrected chi connectivity index (χ1v) is 7.37. The highest BCUT2D eigenvalue weighted by Crippen LogP contribution is 2.11. The lowest BCUT2D eigenvalue weighted by molar-refractivity contribution is 0.305. The van der Waals surface area contributed by atoms with Gasteiger partial charge in [0.1, 0.15) is 0 Å². The molecule has 0 saturated carbocycles. The van der Waals surface area contributed by atoms with Crippen molar-refractivity contribution < 1.29 is 4.74 Å². The monoisotopic (exact) mass is 255 g/mol. The molecule has 0 bridgehead atoms. The number of rotatable bonds is 8. The van der Waals surface area contributed by atoms with Crippen LogP contribution in [0.15, 0.2) is 12.3 Å². The Morgan fingerprint density at radius 2 is 2.35 bits per heavy atom. The number of aromatic nitrogens is 2. The lowest BCUT2D eigenvalue weighted by Gasteiger charge is -2.13. The van der Waals surface area contributed by atoms with Crippen molar-refractivity contribution in [2.24, 2.45) is 0 Å². The van der Waals surface area contributed by atoms with Gasteiger partial charge >= 0.3 is 0 Å². The zero-order valence-corrected chi connectivity index (χ0v) is 11.6. The van der Waals surface area contributed by atoms with E-state index in [1.165, 1.54) is 0 Å². The summed E-state index contributed by atoms with van der Waals surface area (Å²) in [6.45, 7) is 4.91. The Kier molecular flexibility index (Phi) is 6.77. The third-order valence-corrected chi connectivity index (χ3v) is 2.86. The Hall–Kier alpha value is -0.970. The molecule has 1 N–H and O–H groups in total. The molecule has 0 aliphatic rings. The van der Waals surface area contributed by atoms with Crippen LogP contribution in [0.4, 0.5) is 5.95 Å². The van der Waals surface area contributed by atoms with Crippen molar-refractivity contribution in [3.63, 3.8) is 0 Å². The Balaban J connectivity index is 2.47. The molecule has 96 valence electrons. The van der Waals surface area contributed by atoms with Gasteiger partial charge in [0.25, 0.3) is 0 Å². The van der Waals surface area contributed by atoms with Crippen molar-refractivity contribution in [3.05, 3.63) is 12.3 Å². The second-order valence-corrected chi connectivity index (χ2v) is 4.88. The molecule has 0 saturated heterocycles. The Bertz CT molecular complexity index is 322. The van der Waals surface area contributed by atoms with Gasteiger partial charge in [-0.15, -0.1) is 0 Å². The first-order valence-electron chi connectivity index (χ1n) is 5.97. The van der Waals surface area contributed by atoms with Gasteiger partial charge in [-0.05, 0) is 31.8 Å². The second kappa shape index (κ2) is 8.17. The minimum Gasteiger partial charge on any atom is -0.478 e. The van der Waals surface area contributed by atoms with Crippen LogP contribution in [0.5, 0.6) is 5.88 Å². The molecule has 1 aromatic heterocycles. The van der Waals surface area contributed by atoms with Crippen LogP contribution in [0.2, 0.25) is 0 Å². The third kappa shape index (κ3) is 5.77. The van der Waals surface area contributed by atoms with E-state index in [1.807, 2.05) is 11.8 Å². The molecule has 17 heavy (non-hydrogen) atoms. The zero-order chi connectivity index (χ0) is 12.5. The molecule has 1 rings (SSSR count). The summed E-state index contributed by atoms with van der Waals surface area (Å²) in [4.78, 5) is 8.49. The topological polar surface area (TPSA) is 47.0 Å². The average molecular weight is 255 g/mol. The van der Waals surface area contributed by atoms with Gasteiger partial charge in [0.2, 0.25) is 11.8 Å². The molecule has 1 heterocycles. The Morgan fingerprint density at radius 3 is 3.06 bits per heavy atom. The standard InChI is InChI=1S/C12H21N3OS/c1-4-8-16-11-5-7-13-12(15-11)14-10(2)6-9-17-3/h5,7,10H,4,6,8-9H2,1-3H3,(H,13,14,15). The summed E-state index contributed by atoms with van der Waals surface area (Å²) < 4.78 is 5.46. The van der Waals surface area contributed by atoms with E-state index < -0.39 is 0 Å². The van der Waals surface area contributed by atoms with Crippen LogP contribution >= 0.6 is 11.8 Å². The number of ether oxygens (including phenoxy) is 1. The number of anilines is 1. The highest BCUT2D eigenvalue weighted by molar-refractivity contribution is 7.98. The van der Waals surface area contributed by atoms with Gasteiger partial charge in [0.15, 0.2) is 0 Å². The molecular formula is C12H21N3OS. The fraction of sp³-hybridized carbons (Fsp3) is 0.667. The molecule has 4 nitrogen and oxygen atoms in total. The van der Waals surface area contributed by atoms with Crippen molar-refractivity contribution in [1.82, 2.24) is 9.97 Å². The number of thioether (sulfide) groups is 1. The molecule has 0 aliphatic heterocycles. The van der Waals surface area contributed by atoms with Crippen molar-refractivity contribution in [2.45, 2.75) is 32.7 Å². The predicted octanol–water partition coefficient (Wildman–Crippen LogP) is 2.82. The molecule has 1 atom stereocenters. The third-order valence-electron chi connectivity index (χ3n) is 2.21. The fourth-order valence-corrected chi connectivity index (χ4v) is 1.88. The molecule has 0 fully saturated rings. The van der Waals surface area contributed by atoms with Gasteiger partial charge in [-0.1, -0.05) is 6.92 Å². The molecular weight excluding hydrogens is 234 g/mol. The smallest absolute Gasteiger partial charge is 0.226 e. The lowest BCUT2D eigenvalue weighted by atomic mass is 10.3. The maximum Gasteiger partial charge on any atom is 0.226 e. The molecule has 0 spiro atoms. The van der Waals surface area contributed by atoms with E-state index in [2.05, 4.69) is 35.4 Å². The van der Waals surface area contributed by atoms with Gasteiger partial charge < -0.3 is 10.1 Å². The highest BCUT2D eigenvalue weighted by atomic mass is 32.2. The summed E-state index contributed by atoms with van der Waals surface area (Å²) in [5, 5.41) is 3.28. The van der Waals surface area contributed by atoms with Crippen LogP contribution in [0.25, 0.3) is 0 Å². The molecule has 0 amide bonds. The normalized spacial score (nSPS) is 12.2. The van der Waals surface area contributed by atoms with Crippen molar-refractivity contribution in [1.29, 1.82) is 0 Å². The Morgan fingerprint density at radius 1 is 1.53 bits per heavy atom. The molecule has 1 unspecified atom stereocenters. The largest absolute Gasteiger partial charge is 0.478 e. The van der Waals surface area contributed by atoms with Gasteiger partial charge in [0, 0.05) is 18.3 Å². The van der Waals surface area contributed by atoms with Gasteiger partial charge in [-0.25, -0.2) is 4.98 Å². The van der Waals surface area contributed by atoms with Gasteiger partial charge in [-0.3, -0.25) is 0 Å². The van der Waals surface area contributed by atoms with E-state index in [0.717, 1.165) is 18.6 Å². The van der Waals surface area contributed by atoms with Crippen LogP contribution in [-0.2, 0) is 0 Å².